The Bertz CT molecular complexity index is 340. The van der Waals surface area contributed by atoms with E-state index in [0.717, 1.165) is 17.7 Å². The molecule has 1 nitrogen and oxygen atoms in total. The molecule has 2 heteroatoms. The van der Waals surface area contributed by atoms with Crippen molar-refractivity contribution in [2.75, 3.05) is 0 Å². The molecule has 0 saturated heterocycles. The van der Waals surface area contributed by atoms with E-state index in [1.54, 1.807) is 18.3 Å². The molecule has 2 atom stereocenters. The van der Waals surface area contributed by atoms with Gasteiger partial charge < -0.3 is 5.11 Å². The van der Waals surface area contributed by atoms with Crippen molar-refractivity contribution in [2.45, 2.75) is 39.2 Å². The van der Waals surface area contributed by atoms with Crippen molar-refractivity contribution in [1.29, 1.82) is 0 Å². The molecule has 1 N–H and O–H groups in total. The number of aliphatic hydroxyl groups is 1. The predicted molar refractivity (Wildman–Crippen MR) is 65.9 cm³/mol. The Morgan fingerprint density at radius 1 is 1.60 bits per heavy atom. The lowest BCUT2D eigenvalue weighted by atomic mass is 9.92. The Balaban J connectivity index is 2.63. The monoisotopic (exact) mass is 222 g/mol. The molecule has 1 aromatic heterocycles. The maximum Gasteiger partial charge on any atom is 0.123 e. The fourth-order valence-corrected chi connectivity index (χ4v) is 1.99. The Morgan fingerprint density at radius 2 is 2.33 bits per heavy atom. The highest BCUT2D eigenvalue weighted by Crippen LogP contribution is 2.18. The SMILES string of the molecule is CCC(C)CC(C)(O)C#Cc1cccs1. The average molecular weight is 222 g/mol. The molecule has 0 radical (unpaired) electrons. The van der Waals surface area contributed by atoms with Gasteiger partial charge in [0.25, 0.3) is 0 Å². The number of hydrogen-bond acceptors (Lipinski definition) is 2. The molecule has 0 amide bonds. The molecule has 1 rings (SSSR count). The topological polar surface area (TPSA) is 20.2 Å². The van der Waals surface area contributed by atoms with Gasteiger partial charge in [-0.1, -0.05) is 38.2 Å². The fraction of sp³-hybridized carbons (Fsp3) is 0.538. The third-order valence-electron chi connectivity index (χ3n) is 2.42. The summed E-state index contributed by atoms with van der Waals surface area (Å²) in [5, 5.41) is 12.0. The van der Waals surface area contributed by atoms with Gasteiger partial charge in [-0.15, -0.1) is 11.3 Å². The van der Waals surface area contributed by atoms with Crippen LogP contribution in [0.1, 0.15) is 38.5 Å². The molecule has 15 heavy (non-hydrogen) atoms. The van der Waals surface area contributed by atoms with E-state index in [4.69, 9.17) is 0 Å². The molecular formula is C13H18OS. The summed E-state index contributed by atoms with van der Waals surface area (Å²) in [5.41, 5.74) is -0.862. The summed E-state index contributed by atoms with van der Waals surface area (Å²) in [6.45, 7) is 6.06. The Hall–Kier alpha value is -0.780. The zero-order valence-electron chi connectivity index (χ0n) is 9.58. The lowest BCUT2D eigenvalue weighted by Crippen LogP contribution is -2.24. The number of thiophene rings is 1. The summed E-state index contributed by atoms with van der Waals surface area (Å²) < 4.78 is 0. The second kappa shape index (κ2) is 5.34. The first kappa shape index (κ1) is 12.3. The van der Waals surface area contributed by atoms with Crippen LogP contribution in [0.2, 0.25) is 0 Å². The van der Waals surface area contributed by atoms with Crippen molar-refractivity contribution in [1.82, 2.24) is 0 Å². The summed E-state index contributed by atoms with van der Waals surface area (Å²) in [5.74, 6) is 6.47. The van der Waals surface area contributed by atoms with Crippen LogP contribution >= 0.6 is 11.3 Å². The van der Waals surface area contributed by atoms with Gasteiger partial charge in [-0.25, -0.2) is 0 Å². The van der Waals surface area contributed by atoms with Crippen LogP contribution in [0.3, 0.4) is 0 Å². The van der Waals surface area contributed by atoms with Gasteiger partial charge in [-0.2, -0.15) is 0 Å². The van der Waals surface area contributed by atoms with Gasteiger partial charge in [-0.3, -0.25) is 0 Å². The fourth-order valence-electron chi connectivity index (χ4n) is 1.42. The van der Waals surface area contributed by atoms with Crippen LogP contribution in [0, 0.1) is 17.8 Å². The molecule has 2 unspecified atom stereocenters. The lowest BCUT2D eigenvalue weighted by molar-refractivity contribution is 0.0939. The van der Waals surface area contributed by atoms with Gasteiger partial charge >= 0.3 is 0 Å². The summed E-state index contributed by atoms with van der Waals surface area (Å²) in [6, 6.07) is 3.94. The molecule has 0 aliphatic rings. The molecule has 0 aromatic carbocycles. The third kappa shape index (κ3) is 4.51. The van der Waals surface area contributed by atoms with Gasteiger partial charge in [0.2, 0.25) is 0 Å². The third-order valence-corrected chi connectivity index (χ3v) is 3.20. The molecule has 1 heterocycles. The van der Waals surface area contributed by atoms with Crippen molar-refractivity contribution in [3.05, 3.63) is 22.4 Å². The van der Waals surface area contributed by atoms with Crippen molar-refractivity contribution in [3.8, 4) is 11.8 Å². The second-order valence-corrected chi connectivity index (χ2v) is 5.17. The molecular weight excluding hydrogens is 204 g/mol. The molecule has 1 aromatic rings. The molecule has 0 spiro atoms. The van der Waals surface area contributed by atoms with Crippen molar-refractivity contribution in [2.24, 2.45) is 5.92 Å². The van der Waals surface area contributed by atoms with Crippen molar-refractivity contribution < 1.29 is 5.11 Å². The maximum absolute atomic E-state index is 10.0. The predicted octanol–water partition coefficient (Wildman–Crippen LogP) is 3.29. The van der Waals surface area contributed by atoms with Gasteiger partial charge in [0, 0.05) is 0 Å². The Labute approximate surface area is 96.1 Å². The van der Waals surface area contributed by atoms with Crippen LogP contribution in [0.15, 0.2) is 17.5 Å². The minimum atomic E-state index is -0.862. The average Bonchev–Trinajstić information content (AvgIpc) is 2.66. The molecule has 0 aliphatic heterocycles. The molecule has 0 fully saturated rings. The summed E-state index contributed by atoms with van der Waals surface area (Å²) in [6.07, 6.45) is 1.82. The Morgan fingerprint density at radius 3 is 2.87 bits per heavy atom. The molecule has 0 saturated carbocycles. The van der Waals surface area contributed by atoms with E-state index >= 15 is 0 Å². The highest BCUT2D eigenvalue weighted by molar-refractivity contribution is 7.10. The van der Waals surface area contributed by atoms with Crippen LogP contribution in [0.25, 0.3) is 0 Å². The summed E-state index contributed by atoms with van der Waals surface area (Å²) in [7, 11) is 0. The van der Waals surface area contributed by atoms with Gasteiger partial charge in [-0.05, 0) is 30.7 Å². The largest absolute Gasteiger partial charge is 0.378 e. The van der Waals surface area contributed by atoms with Crippen LogP contribution in [-0.2, 0) is 0 Å². The molecule has 82 valence electrons. The quantitative estimate of drug-likeness (QED) is 0.778. The van der Waals surface area contributed by atoms with E-state index in [1.807, 2.05) is 17.5 Å². The Kier molecular flexibility index (Phi) is 4.38. The van der Waals surface area contributed by atoms with Gasteiger partial charge in [0.15, 0.2) is 0 Å². The van der Waals surface area contributed by atoms with E-state index in [0.29, 0.717) is 5.92 Å². The first-order valence-electron chi connectivity index (χ1n) is 5.32. The minimum Gasteiger partial charge on any atom is -0.378 e. The van der Waals surface area contributed by atoms with Crippen LogP contribution in [0.5, 0.6) is 0 Å². The first-order chi connectivity index (χ1) is 7.03. The summed E-state index contributed by atoms with van der Waals surface area (Å²) >= 11 is 1.60. The second-order valence-electron chi connectivity index (χ2n) is 4.22. The molecule has 0 aliphatic carbocycles. The lowest BCUT2D eigenvalue weighted by Gasteiger charge is -2.20. The van der Waals surface area contributed by atoms with Gasteiger partial charge in [0.05, 0.1) is 4.88 Å². The van der Waals surface area contributed by atoms with Crippen molar-refractivity contribution >= 4 is 11.3 Å². The van der Waals surface area contributed by atoms with E-state index in [1.165, 1.54) is 0 Å². The molecule has 0 bridgehead atoms. The van der Waals surface area contributed by atoms with Crippen molar-refractivity contribution in [3.63, 3.8) is 0 Å². The normalized spacial score (nSPS) is 16.3. The van der Waals surface area contributed by atoms with E-state index in [2.05, 4.69) is 25.7 Å². The van der Waals surface area contributed by atoms with Crippen LogP contribution in [0.4, 0.5) is 0 Å². The smallest absolute Gasteiger partial charge is 0.123 e. The van der Waals surface area contributed by atoms with E-state index in [9.17, 15) is 5.11 Å². The van der Waals surface area contributed by atoms with E-state index < -0.39 is 5.60 Å². The van der Waals surface area contributed by atoms with Gasteiger partial charge in [0.1, 0.15) is 5.60 Å². The van der Waals surface area contributed by atoms with E-state index in [-0.39, 0.29) is 0 Å². The summed E-state index contributed by atoms with van der Waals surface area (Å²) in [4.78, 5) is 1.01. The van der Waals surface area contributed by atoms with Crippen LogP contribution in [-0.4, -0.2) is 10.7 Å². The van der Waals surface area contributed by atoms with Crippen LogP contribution < -0.4 is 0 Å². The highest BCUT2D eigenvalue weighted by atomic mass is 32.1. The first-order valence-corrected chi connectivity index (χ1v) is 6.20. The standard InChI is InChI=1S/C13H18OS/c1-4-11(2)10-13(3,14)8-7-12-6-5-9-15-12/h5-6,9,11,14H,4,10H2,1-3H3. The zero-order chi connectivity index (χ0) is 11.3. The maximum atomic E-state index is 10.0. The zero-order valence-corrected chi connectivity index (χ0v) is 10.4. The highest BCUT2D eigenvalue weighted by Gasteiger charge is 2.19. The number of hydrogen-bond donors (Lipinski definition) is 1. The minimum absolute atomic E-state index is 0.512. The number of rotatable bonds is 3.